The van der Waals surface area contributed by atoms with Gasteiger partial charge in [-0.2, -0.15) is 0 Å². The molecular formula is C11H17N3O3S. The molecule has 2 rings (SSSR count). The maximum Gasteiger partial charge on any atom is 0.268 e. The number of sulfonamides is 1. The van der Waals surface area contributed by atoms with Crippen LogP contribution in [0.4, 0.5) is 0 Å². The lowest BCUT2D eigenvalue weighted by Gasteiger charge is -2.07. The van der Waals surface area contributed by atoms with E-state index in [1.165, 1.54) is 12.3 Å². The number of nitrogens with one attached hydrogen (secondary N) is 1. The molecule has 1 aromatic heterocycles. The Hall–Kier alpha value is -1.34. The van der Waals surface area contributed by atoms with Gasteiger partial charge in [-0.05, 0) is 25.3 Å². The van der Waals surface area contributed by atoms with Crippen molar-refractivity contribution in [2.75, 3.05) is 0 Å². The maximum atomic E-state index is 12.0. The van der Waals surface area contributed by atoms with Gasteiger partial charge in [0.2, 0.25) is 10.0 Å². The van der Waals surface area contributed by atoms with Crippen LogP contribution in [0.1, 0.15) is 36.7 Å². The molecule has 3 N–H and O–H groups in total. The van der Waals surface area contributed by atoms with E-state index in [-0.39, 0.29) is 16.8 Å². The summed E-state index contributed by atoms with van der Waals surface area (Å²) in [5.74, 6) is -0.235. The molecule has 7 heteroatoms. The number of hydrogen-bond acceptors (Lipinski definition) is 3. The number of aryl methyl sites for hydroxylation is 1. The molecule has 6 nitrogen and oxygen atoms in total. The third-order valence-electron chi connectivity index (χ3n) is 2.81. The van der Waals surface area contributed by atoms with Gasteiger partial charge in [0.1, 0.15) is 10.6 Å². The standard InChI is InChI=1S/C11H17N3O3S/c1-2-5-14-7-9(18(12,16)17)6-10(14)11(15)13-8-3-4-8/h6-8H,2-5H2,1H3,(H,13,15)(H2,12,16,17). The number of primary sulfonamides is 1. The molecule has 1 heterocycles. The zero-order chi connectivity index (χ0) is 13.3. The summed E-state index contributed by atoms with van der Waals surface area (Å²) >= 11 is 0. The van der Waals surface area contributed by atoms with Crippen LogP contribution in [0.25, 0.3) is 0 Å². The average Bonchev–Trinajstić information content (AvgIpc) is 2.94. The number of aromatic nitrogens is 1. The first-order valence-electron chi connectivity index (χ1n) is 5.95. The van der Waals surface area contributed by atoms with Crippen molar-refractivity contribution in [3.63, 3.8) is 0 Å². The summed E-state index contributed by atoms with van der Waals surface area (Å²) in [5, 5.41) is 7.91. The van der Waals surface area contributed by atoms with Crippen LogP contribution in [0.2, 0.25) is 0 Å². The summed E-state index contributed by atoms with van der Waals surface area (Å²) in [6.45, 7) is 2.54. The Morgan fingerprint density at radius 3 is 2.72 bits per heavy atom. The van der Waals surface area contributed by atoms with Crippen molar-refractivity contribution in [2.45, 2.75) is 43.7 Å². The Balaban J connectivity index is 2.30. The van der Waals surface area contributed by atoms with Gasteiger partial charge in [-0.1, -0.05) is 6.92 Å². The Kier molecular flexibility index (Phi) is 3.45. The molecule has 0 bridgehead atoms. The fraction of sp³-hybridized carbons (Fsp3) is 0.545. The predicted octanol–water partition coefficient (Wildman–Crippen LogP) is 0.438. The SMILES string of the molecule is CCCn1cc(S(N)(=O)=O)cc1C(=O)NC1CC1. The maximum absolute atomic E-state index is 12.0. The minimum atomic E-state index is -3.77. The highest BCUT2D eigenvalue weighted by Crippen LogP contribution is 2.20. The van der Waals surface area contributed by atoms with Crippen molar-refractivity contribution in [1.82, 2.24) is 9.88 Å². The van der Waals surface area contributed by atoms with Gasteiger partial charge in [-0.3, -0.25) is 4.79 Å². The second-order valence-corrected chi connectivity index (χ2v) is 6.11. The van der Waals surface area contributed by atoms with E-state index < -0.39 is 10.0 Å². The molecule has 1 aliphatic rings. The Bertz CT molecular complexity index is 558. The minimum absolute atomic E-state index is 0.0168. The number of carbonyl (C=O) groups excluding carboxylic acids is 1. The zero-order valence-corrected chi connectivity index (χ0v) is 11.0. The van der Waals surface area contributed by atoms with Crippen molar-refractivity contribution in [1.29, 1.82) is 0 Å². The summed E-state index contributed by atoms with van der Waals surface area (Å²) in [5.41, 5.74) is 0.354. The summed E-state index contributed by atoms with van der Waals surface area (Å²) in [6, 6.07) is 1.57. The number of amides is 1. The van der Waals surface area contributed by atoms with Crippen LogP contribution in [-0.4, -0.2) is 24.9 Å². The van der Waals surface area contributed by atoms with Gasteiger partial charge in [0, 0.05) is 18.8 Å². The molecule has 1 aromatic rings. The highest BCUT2D eigenvalue weighted by atomic mass is 32.2. The number of rotatable bonds is 5. The first-order chi connectivity index (χ1) is 8.41. The van der Waals surface area contributed by atoms with E-state index in [0.29, 0.717) is 12.2 Å². The van der Waals surface area contributed by atoms with E-state index >= 15 is 0 Å². The number of nitrogens with zero attached hydrogens (tertiary/aromatic N) is 1. The van der Waals surface area contributed by atoms with Crippen molar-refractivity contribution in [2.24, 2.45) is 5.14 Å². The van der Waals surface area contributed by atoms with Gasteiger partial charge < -0.3 is 9.88 Å². The summed E-state index contributed by atoms with van der Waals surface area (Å²) in [4.78, 5) is 11.9. The van der Waals surface area contributed by atoms with Crippen molar-refractivity contribution >= 4 is 15.9 Å². The summed E-state index contributed by atoms with van der Waals surface area (Å²) in [7, 11) is -3.77. The molecule has 0 atom stereocenters. The Morgan fingerprint density at radius 2 is 2.22 bits per heavy atom. The third-order valence-corrected chi connectivity index (χ3v) is 3.69. The van der Waals surface area contributed by atoms with Crippen LogP contribution in [0.5, 0.6) is 0 Å². The second kappa shape index (κ2) is 4.74. The Labute approximate surface area is 106 Å². The average molecular weight is 271 g/mol. The van der Waals surface area contributed by atoms with Crippen LogP contribution < -0.4 is 10.5 Å². The van der Waals surface area contributed by atoms with Crippen LogP contribution >= 0.6 is 0 Å². The van der Waals surface area contributed by atoms with Crippen LogP contribution in [-0.2, 0) is 16.6 Å². The molecule has 1 saturated carbocycles. The van der Waals surface area contributed by atoms with Gasteiger partial charge >= 0.3 is 0 Å². The summed E-state index contributed by atoms with van der Waals surface area (Å²) < 4.78 is 24.2. The lowest BCUT2D eigenvalue weighted by atomic mass is 10.3. The van der Waals surface area contributed by atoms with Gasteiger partial charge in [0.05, 0.1) is 0 Å². The van der Waals surface area contributed by atoms with E-state index in [1.807, 2.05) is 6.92 Å². The normalized spacial score (nSPS) is 15.7. The number of nitrogens with two attached hydrogens (primary N) is 1. The first kappa shape index (κ1) is 13.1. The molecule has 0 aliphatic heterocycles. The fourth-order valence-corrected chi connectivity index (χ4v) is 2.29. The lowest BCUT2D eigenvalue weighted by Crippen LogP contribution is -2.27. The number of hydrogen-bond donors (Lipinski definition) is 2. The highest BCUT2D eigenvalue weighted by molar-refractivity contribution is 7.89. The lowest BCUT2D eigenvalue weighted by molar-refractivity contribution is 0.0941. The topological polar surface area (TPSA) is 94.2 Å². The van der Waals surface area contributed by atoms with E-state index in [0.717, 1.165) is 19.3 Å². The van der Waals surface area contributed by atoms with E-state index in [4.69, 9.17) is 5.14 Å². The molecule has 1 aliphatic carbocycles. The molecule has 18 heavy (non-hydrogen) atoms. The fourth-order valence-electron chi connectivity index (χ4n) is 1.74. The molecule has 1 fully saturated rings. The Morgan fingerprint density at radius 1 is 1.56 bits per heavy atom. The van der Waals surface area contributed by atoms with Crippen LogP contribution in [0.3, 0.4) is 0 Å². The predicted molar refractivity (Wildman–Crippen MR) is 66.6 cm³/mol. The molecule has 0 spiro atoms. The molecule has 0 radical (unpaired) electrons. The largest absolute Gasteiger partial charge is 0.348 e. The van der Waals surface area contributed by atoms with Crippen LogP contribution in [0.15, 0.2) is 17.2 Å². The van der Waals surface area contributed by atoms with Crippen molar-refractivity contribution < 1.29 is 13.2 Å². The van der Waals surface area contributed by atoms with Crippen LogP contribution in [0, 0.1) is 0 Å². The molecule has 0 saturated heterocycles. The van der Waals surface area contributed by atoms with Gasteiger partial charge in [-0.25, -0.2) is 13.6 Å². The molecule has 0 unspecified atom stereocenters. The van der Waals surface area contributed by atoms with Gasteiger partial charge in [0.15, 0.2) is 0 Å². The summed E-state index contributed by atoms with van der Waals surface area (Å²) in [6.07, 6.45) is 4.20. The van der Waals surface area contributed by atoms with E-state index in [2.05, 4.69) is 5.32 Å². The molecule has 100 valence electrons. The molecule has 1 amide bonds. The quantitative estimate of drug-likeness (QED) is 0.813. The van der Waals surface area contributed by atoms with Gasteiger partial charge in [0.25, 0.3) is 5.91 Å². The van der Waals surface area contributed by atoms with Gasteiger partial charge in [-0.15, -0.1) is 0 Å². The van der Waals surface area contributed by atoms with E-state index in [9.17, 15) is 13.2 Å². The molecular weight excluding hydrogens is 254 g/mol. The second-order valence-electron chi connectivity index (χ2n) is 4.55. The number of carbonyl (C=O) groups is 1. The van der Waals surface area contributed by atoms with Crippen molar-refractivity contribution in [3.05, 3.63) is 18.0 Å². The van der Waals surface area contributed by atoms with E-state index in [1.54, 1.807) is 4.57 Å². The first-order valence-corrected chi connectivity index (χ1v) is 7.50. The third kappa shape index (κ3) is 2.91. The zero-order valence-electron chi connectivity index (χ0n) is 10.2. The smallest absolute Gasteiger partial charge is 0.268 e. The molecule has 0 aromatic carbocycles. The highest BCUT2D eigenvalue weighted by Gasteiger charge is 2.26. The monoisotopic (exact) mass is 271 g/mol. The minimum Gasteiger partial charge on any atom is -0.348 e. The van der Waals surface area contributed by atoms with Crippen molar-refractivity contribution in [3.8, 4) is 0 Å².